The normalized spacial score (nSPS) is 12.8. The molecular weight excluding hydrogens is 229 g/mol. The molecule has 0 saturated heterocycles. The molecule has 1 atom stereocenters. The first kappa shape index (κ1) is 13.2. The predicted molar refractivity (Wildman–Crippen MR) is 59.5 cm³/mol. The number of carbonyl (C=O) groups is 1. The first-order valence-corrected chi connectivity index (χ1v) is 5.94. The average molecular weight is 243 g/mol. The average Bonchev–Trinajstić information content (AvgIpc) is 2.16. The highest BCUT2D eigenvalue weighted by molar-refractivity contribution is 7.39. The summed E-state index contributed by atoms with van der Waals surface area (Å²) < 4.78 is 4.83. The Labute approximate surface area is 95.1 Å². The Morgan fingerprint density at radius 3 is 2.69 bits per heavy atom. The number of pyridine rings is 1. The van der Waals surface area contributed by atoms with Gasteiger partial charge < -0.3 is 14.3 Å². The van der Waals surface area contributed by atoms with Gasteiger partial charge in [0.2, 0.25) is 0 Å². The molecule has 0 fully saturated rings. The molecule has 1 aromatic rings. The summed E-state index contributed by atoms with van der Waals surface area (Å²) in [6.07, 6.45) is 1.45. The van der Waals surface area contributed by atoms with Gasteiger partial charge in [-0.1, -0.05) is 6.07 Å². The fourth-order valence-corrected chi connectivity index (χ4v) is 1.64. The van der Waals surface area contributed by atoms with Gasteiger partial charge in [0.05, 0.1) is 6.10 Å². The molecule has 1 unspecified atom stereocenters. The fraction of sp³-hybridized carbons (Fsp3) is 0.400. The van der Waals surface area contributed by atoms with E-state index in [0.717, 1.165) is 5.56 Å². The van der Waals surface area contributed by atoms with Gasteiger partial charge in [-0.05, 0) is 25.5 Å². The molecule has 0 amide bonds. The van der Waals surface area contributed by atoms with Crippen LogP contribution in [0.5, 0.6) is 0 Å². The van der Waals surface area contributed by atoms with Crippen molar-refractivity contribution in [3.8, 4) is 0 Å². The molecule has 88 valence electrons. The smallest absolute Gasteiger partial charge is 0.327 e. The lowest BCUT2D eigenvalue weighted by molar-refractivity contribution is -0.116. The Balaban J connectivity index is 2.66. The number of carbonyl (C=O) groups excluding carboxylic acids is 1. The van der Waals surface area contributed by atoms with Gasteiger partial charge in [-0.25, -0.2) is 0 Å². The van der Waals surface area contributed by atoms with Crippen LogP contribution in [0.2, 0.25) is 0 Å². The standard InChI is InChI=1S/C10H14NO4P/c1-7(12)5-10-4-3-9(6-11-10)8(2)15-16(13)14/h3-4,6,8,13-14H,5H2,1-2H3. The van der Waals surface area contributed by atoms with Crippen molar-refractivity contribution >= 4 is 14.4 Å². The van der Waals surface area contributed by atoms with Gasteiger partial charge in [-0.3, -0.25) is 9.78 Å². The summed E-state index contributed by atoms with van der Waals surface area (Å²) in [5.74, 6) is 0.0544. The second-order valence-electron chi connectivity index (χ2n) is 3.46. The van der Waals surface area contributed by atoms with E-state index in [-0.39, 0.29) is 5.78 Å². The minimum Gasteiger partial charge on any atom is -0.328 e. The molecule has 0 radical (unpaired) electrons. The van der Waals surface area contributed by atoms with Crippen LogP contribution in [-0.4, -0.2) is 20.6 Å². The summed E-state index contributed by atoms with van der Waals surface area (Å²) in [7, 11) is -2.37. The Kier molecular flexibility index (Phi) is 4.96. The van der Waals surface area contributed by atoms with E-state index in [4.69, 9.17) is 14.3 Å². The van der Waals surface area contributed by atoms with Gasteiger partial charge in [0, 0.05) is 18.3 Å². The van der Waals surface area contributed by atoms with Crippen molar-refractivity contribution in [3.63, 3.8) is 0 Å². The van der Waals surface area contributed by atoms with E-state index in [2.05, 4.69) is 4.98 Å². The summed E-state index contributed by atoms with van der Waals surface area (Å²) >= 11 is 0. The number of hydrogen-bond donors (Lipinski definition) is 2. The number of nitrogens with zero attached hydrogens (tertiary/aromatic N) is 1. The van der Waals surface area contributed by atoms with Crippen LogP contribution in [0.1, 0.15) is 31.2 Å². The van der Waals surface area contributed by atoms with Gasteiger partial charge in [-0.2, -0.15) is 0 Å². The lowest BCUT2D eigenvalue weighted by Gasteiger charge is -2.12. The second kappa shape index (κ2) is 6.01. The molecule has 0 aliphatic rings. The van der Waals surface area contributed by atoms with E-state index in [1.807, 2.05) is 0 Å². The third kappa shape index (κ3) is 4.33. The van der Waals surface area contributed by atoms with Crippen molar-refractivity contribution in [1.82, 2.24) is 4.98 Å². The monoisotopic (exact) mass is 243 g/mol. The van der Waals surface area contributed by atoms with Crippen molar-refractivity contribution < 1.29 is 19.1 Å². The van der Waals surface area contributed by atoms with Crippen molar-refractivity contribution in [2.24, 2.45) is 0 Å². The highest BCUT2D eigenvalue weighted by atomic mass is 31.2. The van der Waals surface area contributed by atoms with Crippen LogP contribution in [0.3, 0.4) is 0 Å². The van der Waals surface area contributed by atoms with E-state index in [9.17, 15) is 4.79 Å². The molecular formula is C10H14NO4P. The molecule has 0 saturated carbocycles. The Bertz CT molecular complexity index is 352. The van der Waals surface area contributed by atoms with Crippen molar-refractivity contribution in [2.75, 3.05) is 0 Å². The maximum absolute atomic E-state index is 10.8. The van der Waals surface area contributed by atoms with E-state index >= 15 is 0 Å². The predicted octanol–water partition coefficient (Wildman–Crippen LogP) is 1.50. The van der Waals surface area contributed by atoms with Crippen LogP contribution < -0.4 is 0 Å². The third-order valence-corrected chi connectivity index (χ3v) is 2.50. The first-order valence-electron chi connectivity index (χ1n) is 4.78. The molecule has 0 bridgehead atoms. The van der Waals surface area contributed by atoms with E-state index in [1.165, 1.54) is 6.92 Å². The van der Waals surface area contributed by atoms with Crippen molar-refractivity contribution in [1.29, 1.82) is 0 Å². The zero-order valence-corrected chi connectivity index (χ0v) is 10.0. The SMILES string of the molecule is CC(=O)Cc1ccc(C(C)OP(O)O)cn1. The molecule has 16 heavy (non-hydrogen) atoms. The summed E-state index contributed by atoms with van der Waals surface area (Å²) in [5, 5.41) is 0. The fourth-order valence-electron chi connectivity index (χ4n) is 1.24. The van der Waals surface area contributed by atoms with Crippen molar-refractivity contribution in [2.45, 2.75) is 26.4 Å². The van der Waals surface area contributed by atoms with Crippen LogP contribution in [0.25, 0.3) is 0 Å². The minimum absolute atomic E-state index is 0.0544. The molecule has 2 N–H and O–H groups in total. The van der Waals surface area contributed by atoms with E-state index in [0.29, 0.717) is 12.1 Å². The summed E-state index contributed by atoms with van der Waals surface area (Å²) in [4.78, 5) is 32.3. The molecule has 1 heterocycles. The maximum Gasteiger partial charge on any atom is 0.327 e. The van der Waals surface area contributed by atoms with Crippen LogP contribution in [0.4, 0.5) is 0 Å². The second-order valence-corrected chi connectivity index (χ2v) is 4.18. The zero-order chi connectivity index (χ0) is 12.1. The Morgan fingerprint density at radius 1 is 1.56 bits per heavy atom. The van der Waals surface area contributed by atoms with Crippen LogP contribution >= 0.6 is 8.60 Å². The first-order chi connectivity index (χ1) is 7.49. The number of aromatic nitrogens is 1. The van der Waals surface area contributed by atoms with Gasteiger partial charge >= 0.3 is 8.60 Å². The lowest BCUT2D eigenvalue weighted by Crippen LogP contribution is -2.01. The van der Waals surface area contributed by atoms with E-state index in [1.54, 1.807) is 25.3 Å². The maximum atomic E-state index is 10.8. The van der Waals surface area contributed by atoms with E-state index < -0.39 is 14.7 Å². The minimum atomic E-state index is -2.37. The highest BCUT2D eigenvalue weighted by Crippen LogP contribution is 2.33. The molecule has 0 aliphatic carbocycles. The number of ketones is 1. The van der Waals surface area contributed by atoms with Gasteiger partial charge in [0.15, 0.2) is 0 Å². The number of hydrogen-bond acceptors (Lipinski definition) is 5. The summed E-state index contributed by atoms with van der Waals surface area (Å²) in [6, 6.07) is 3.49. The molecule has 6 heteroatoms. The summed E-state index contributed by atoms with van der Waals surface area (Å²) in [6.45, 7) is 3.20. The number of rotatable bonds is 5. The third-order valence-electron chi connectivity index (χ3n) is 2.00. The Hall–Kier alpha value is -0.870. The molecule has 5 nitrogen and oxygen atoms in total. The van der Waals surface area contributed by atoms with Crippen LogP contribution in [-0.2, 0) is 15.7 Å². The number of Topliss-reactive ketones (excluding diaryl/α,β-unsaturated/α-hetero) is 1. The largest absolute Gasteiger partial charge is 0.328 e. The molecule has 0 aliphatic heterocycles. The molecule has 0 spiro atoms. The molecule has 0 aromatic carbocycles. The highest BCUT2D eigenvalue weighted by Gasteiger charge is 2.11. The van der Waals surface area contributed by atoms with Crippen LogP contribution in [0.15, 0.2) is 18.3 Å². The van der Waals surface area contributed by atoms with Gasteiger partial charge in [0.25, 0.3) is 0 Å². The zero-order valence-electron chi connectivity index (χ0n) is 9.12. The lowest BCUT2D eigenvalue weighted by atomic mass is 10.1. The van der Waals surface area contributed by atoms with Crippen LogP contribution in [0, 0.1) is 0 Å². The Morgan fingerprint density at radius 2 is 2.25 bits per heavy atom. The molecule has 1 aromatic heterocycles. The van der Waals surface area contributed by atoms with Crippen molar-refractivity contribution in [3.05, 3.63) is 29.6 Å². The molecule has 1 rings (SSSR count). The quantitative estimate of drug-likeness (QED) is 0.766. The van der Waals surface area contributed by atoms with Gasteiger partial charge in [0.1, 0.15) is 5.78 Å². The summed E-state index contributed by atoms with van der Waals surface area (Å²) in [5.41, 5.74) is 1.43. The van der Waals surface area contributed by atoms with Gasteiger partial charge in [-0.15, -0.1) is 0 Å². The topological polar surface area (TPSA) is 79.7 Å².